The SMILES string of the molecule is Cc1cc(C(C)(C)C)ccc1OC(C)CC(=N)N. The van der Waals surface area contributed by atoms with Gasteiger partial charge in [0.1, 0.15) is 11.9 Å². The van der Waals surface area contributed by atoms with E-state index in [1.54, 1.807) is 0 Å². The van der Waals surface area contributed by atoms with Crippen LogP contribution in [0, 0.1) is 12.3 Å². The summed E-state index contributed by atoms with van der Waals surface area (Å²) in [6.45, 7) is 10.6. The molecule has 0 aromatic heterocycles. The molecule has 0 aliphatic rings. The van der Waals surface area contributed by atoms with Crippen LogP contribution in [0.2, 0.25) is 0 Å². The fraction of sp³-hybridized carbons (Fsp3) is 0.533. The van der Waals surface area contributed by atoms with Gasteiger partial charge in [0.2, 0.25) is 0 Å². The molecule has 0 aliphatic carbocycles. The average molecular weight is 248 g/mol. The summed E-state index contributed by atoms with van der Waals surface area (Å²) in [4.78, 5) is 0. The smallest absolute Gasteiger partial charge is 0.122 e. The van der Waals surface area contributed by atoms with Crippen LogP contribution in [0.1, 0.15) is 45.2 Å². The van der Waals surface area contributed by atoms with Gasteiger partial charge in [-0.1, -0.05) is 32.9 Å². The second-order valence-electron chi connectivity index (χ2n) is 5.89. The quantitative estimate of drug-likeness (QED) is 0.634. The molecule has 100 valence electrons. The zero-order chi connectivity index (χ0) is 13.9. The van der Waals surface area contributed by atoms with Crippen molar-refractivity contribution in [3.63, 3.8) is 0 Å². The molecular weight excluding hydrogens is 224 g/mol. The lowest BCUT2D eigenvalue weighted by Crippen LogP contribution is -2.22. The summed E-state index contributed by atoms with van der Waals surface area (Å²) >= 11 is 0. The summed E-state index contributed by atoms with van der Waals surface area (Å²) in [6.07, 6.45) is 0.391. The first kappa shape index (κ1) is 14.6. The van der Waals surface area contributed by atoms with Crippen LogP contribution in [0.4, 0.5) is 0 Å². The van der Waals surface area contributed by atoms with Crippen LogP contribution in [0.3, 0.4) is 0 Å². The number of benzene rings is 1. The first-order valence-corrected chi connectivity index (χ1v) is 6.31. The molecule has 0 bridgehead atoms. The van der Waals surface area contributed by atoms with Crippen molar-refractivity contribution in [1.82, 2.24) is 0 Å². The third-order valence-electron chi connectivity index (χ3n) is 2.88. The molecule has 3 nitrogen and oxygen atoms in total. The van der Waals surface area contributed by atoms with Gasteiger partial charge in [-0.25, -0.2) is 0 Å². The molecule has 0 amide bonds. The highest BCUT2D eigenvalue weighted by Crippen LogP contribution is 2.28. The van der Waals surface area contributed by atoms with Gasteiger partial charge in [-0.15, -0.1) is 0 Å². The Hall–Kier alpha value is -1.51. The number of ether oxygens (including phenoxy) is 1. The van der Waals surface area contributed by atoms with Crippen LogP contribution in [-0.2, 0) is 5.41 Å². The molecule has 3 heteroatoms. The molecule has 0 fully saturated rings. The standard InChI is InChI=1S/C15H24N2O/c1-10-8-12(15(3,4)5)6-7-13(10)18-11(2)9-14(16)17/h6-8,11H,9H2,1-5H3,(H3,16,17). The van der Waals surface area contributed by atoms with E-state index < -0.39 is 0 Å². The molecule has 3 N–H and O–H groups in total. The largest absolute Gasteiger partial charge is 0.490 e. The van der Waals surface area contributed by atoms with Crippen molar-refractivity contribution in [3.05, 3.63) is 29.3 Å². The minimum absolute atomic E-state index is 0.0679. The molecule has 0 spiro atoms. The van der Waals surface area contributed by atoms with Crippen LogP contribution in [0.15, 0.2) is 18.2 Å². The van der Waals surface area contributed by atoms with E-state index in [1.165, 1.54) is 5.56 Å². The Labute approximate surface area is 110 Å². The van der Waals surface area contributed by atoms with Gasteiger partial charge in [0.05, 0.1) is 5.84 Å². The Morgan fingerprint density at radius 1 is 1.39 bits per heavy atom. The molecule has 1 aromatic carbocycles. The highest BCUT2D eigenvalue weighted by Gasteiger charge is 2.15. The van der Waals surface area contributed by atoms with Crippen LogP contribution in [0.5, 0.6) is 5.75 Å². The predicted molar refractivity (Wildman–Crippen MR) is 76.5 cm³/mol. The third kappa shape index (κ3) is 4.06. The Morgan fingerprint density at radius 3 is 2.44 bits per heavy atom. The lowest BCUT2D eigenvalue weighted by Gasteiger charge is -2.22. The Balaban J connectivity index is 2.83. The van der Waals surface area contributed by atoms with E-state index in [-0.39, 0.29) is 17.4 Å². The molecule has 0 heterocycles. The number of amidine groups is 1. The van der Waals surface area contributed by atoms with Crippen molar-refractivity contribution < 1.29 is 4.74 Å². The number of hydrogen-bond donors (Lipinski definition) is 2. The average Bonchev–Trinajstić information content (AvgIpc) is 2.18. The van der Waals surface area contributed by atoms with E-state index in [2.05, 4.69) is 32.9 Å². The Kier molecular flexibility index (Phi) is 4.38. The number of hydrogen-bond acceptors (Lipinski definition) is 2. The molecule has 1 aromatic rings. The molecule has 0 saturated carbocycles. The topological polar surface area (TPSA) is 59.1 Å². The van der Waals surface area contributed by atoms with Crippen molar-refractivity contribution in [2.75, 3.05) is 0 Å². The molecule has 0 saturated heterocycles. The molecule has 0 radical (unpaired) electrons. The number of rotatable bonds is 4. The van der Waals surface area contributed by atoms with Crippen LogP contribution in [0.25, 0.3) is 0 Å². The summed E-state index contributed by atoms with van der Waals surface area (Å²) in [5.41, 5.74) is 7.94. The van der Waals surface area contributed by atoms with E-state index >= 15 is 0 Å². The molecule has 1 atom stereocenters. The number of aryl methyl sites for hydroxylation is 1. The minimum atomic E-state index is -0.0679. The van der Waals surface area contributed by atoms with Crippen molar-refractivity contribution in [1.29, 1.82) is 5.41 Å². The maximum atomic E-state index is 7.26. The van der Waals surface area contributed by atoms with Crippen LogP contribution < -0.4 is 10.5 Å². The summed E-state index contributed by atoms with van der Waals surface area (Å²) in [5, 5.41) is 7.26. The number of nitrogens with two attached hydrogens (primary N) is 1. The molecule has 18 heavy (non-hydrogen) atoms. The summed E-state index contributed by atoms with van der Waals surface area (Å²) in [5.74, 6) is 1.03. The van der Waals surface area contributed by atoms with Gasteiger partial charge >= 0.3 is 0 Å². The van der Waals surface area contributed by atoms with Crippen LogP contribution >= 0.6 is 0 Å². The first-order chi connectivity index (χ1) is 8.20. The maximum absolute atomic E-state index is 7.26. The molecular formula is C15H24N2O. The molecule has 1 rings (SSSR count). The second-order valence-corrected chi connectivity index (χ2v) is 5.89. The van der Waals surface area contributed by atoms with E-state index in [1.807, 2.05) is 19.9 Å². The van der Waals surface area contributed by atoms with Gasteiger partial charge < -0.3 is 10.5 Å². The van der Waals surface area contributed by atoms with E-state index in [4.69, 9.17) is 15.9 Å². The monoisotopic (exact) mass is 248 g/mol. The fourth-order valence-corrected chi connectivity index (χ4v) is 1.82. The van der Waals surface area contributed by atoms with E-state index in [0.717, 1.165) is 11.3 Å². The minimum Gasteiger partial charge on any atom is -0.490 e. The van der Waals surface area contributed by atoms with Gasteiger partial charge in [-0.3, -0.25) is 5.41 Å². The zero-order valence-electron chi connectivity index (χ0n) is 12.0. The van der Waals surface area contributed by atoms with Crippen molar-refractivity contribution in [2.45, 2.75) is 52.6 Å². The Bertz CT molecular complexity index is 433. The predicted octanol–water partition coefficient (Wildman–Crippen LogP) is 3.39. The highest BCUT2D eigenvalue weighted by atomic mass is 16.5. The third-order valence-corrected chi connectivity index (χ3v) is 2.88. The van der Waals surface area contributed by atoms with Crippen molar-refractivity contribution in [3.8, 4) is 5.75 Å². The van der Waals surface area contributed by atoms with Gasteiger partial charge in [0, 0.05) is 6.42 Å². The van der Waals surface area contributed by atoms with Gasteiger partial charge in [-0.05, 0) is 36.5 Å². The zero-order valence-corrected chi connectivity index (χ0v) is 12.0. The summed E-state index contributed by atoms with van der Waals surface area (Å²) in [7, 11) is 0. The normalized spacial score (nSPS) is 13.2. The fourth-order valence-electron chi connectivity index (χ4n) is 1.82. The second kappa shape index (κ2) is 5.42. The van der Waals surface area contributed by atoms with E-state index in [0.29, 0.717) is 6.42 Å². The first-order valence-electron chi connectivity index (χ1n) is 6.31. The maximum Gasteiger partial charge on any atom is 0.122 e. The lowest BCUT2D eigenvalue weighted by atomic mass is 9.86. The van der Waals surface area contributed by atoms with Crippen molar-refractivity contribution >= 4 is 5.84 Å². The summed E-state index contributed by atoms with van der Waals surface area (Å²) in [6, 6.07) is 6.27. The molecule has 1 unspecified atom stereocenters. The highest BCUT2D eigenvalue weighted by molar-refractivity contribution is 5.77. The van der Waals surface area contributed by atoms with Crippen LogP contribution in [-0.4, -0.2) is 11.9 Å². The lowest BCUT2D eigenvalue weighted by molar-refractivity contribution is 0.228. The van der Waals surface area contributed by atoms with Gasteiger partial charge in [0.25, 0.3) is 0 Å². The number of nitrogens with one attached hydrogen (secondary N) is 1. The Morgan fingerprint density at radius 2 is 2.00 bits per heavy atom. The summed E-state index contributed by atoms with van der Waals surface area (Å²) < 4.78 is 5.80. The van der Waals surface area contributed by atoms with Gasteiger partial charge in [0.15, 0.2) is 0 Å². The van der Waals surface area contributed by atoms with E-state index in [9.17, 15) is 0 Å². The molecule has 0 aliphatic heterocycles. The van der Waals surface area contributed by atoms with Gasteiger partial charge in [-0.2, -0.15) is 0 Å². The van der Waals surface area contributed by atoms with Crippen molar-refractivity contribution in [2.24, 2.45) is 5.73 Å².